The van der Waals surface area contributed by atoms with E-state index in [2.05, 4.69) is 19.5 Å². The van der Waals surface area contributed by atoms with Gasteiger partial charge >= 0.3 is 12.5 Å². The Morgan fingerprint density at radius 3 is 2.30 bits per heavy atom. The van der Waals surface area contributed by atoms with Crippen molar-refractivity contribution in [3.63, 3.8) is 0 Å². The number of carbonyl (C=O) groups excluding carboxylic acids is 2. The molecule has 0 saturated carbocycles. The van der Waals surface area contributed by atoms with Crippen LogP contribution in [0.25, 0.3) is 0 Å². The maximum absolute atomic E-state index is 15.2. The maximum atomic E-state index is 15.2. The van der Waals surface area contributed by atoms with Gasteiger partial charge in [-0.05, 0) is 70.2 Å². The van der Waals surface area contributed by atoms with E-state index in [1.54, 1.807) is 6.92 Å². The minimum absolute atomic E-state index is 0.0378. The number of fused-ring (bicyclic) bond motifs is 1. The molecule has 2 fully saturated rings. The molecule has 3 aliphatic rings. The van der Waals surface area contributed by atoms with Gasteiger partial charge in [0, 0.05) is 56.1 Å². The Kier molecular flexibility index (Phi) is 10.5. The second-order valence-corrected chi connectivity index (χ2v) is 14.4. The first-order valence-corrected chi connectivity index (χ1v) is 18.1. The molecule has 19 heteroatoms. The quantitative estimate of drug-likeness (QED) is 0.286. The molecular formula is C34H36F5N5O8S. The number of sulfonamides is 1. The van der Waals surface area contributed by atoms with E-state index in [9.17, 15) is 31.2 Å². The van der Waals surface area contributed by atoms with Crippen LogP contribution in [0.5, 0.6) is 17.4 Å². The highest BCUT2D eigenvalue weighted by atomic mass is 32.2. The Balaban J connectivity index is 1.47. The van der Waals surface area contributed by atoms with Gasteiger partial charge in [-0.15, -0.1) is 13.2 Å². The zero-order valence-corrected chi connectivity index (χ0v) is 29.7. The monoisotopic (exact) mass is 769 g/mol. The highest BCUT2D eigenvalue weighted by Gasteiger charge is 2.62. The highest BCUT2D eigenvalue weighted by molar-refractivity contribution is 7.93. The van der Waals surface area contributed by atoms with Crippen LogP contribution < -0.4 is 18.5 Å². The molecule has 286 valence electrons. The van der Waals surface area contributed by atoms with Gasteiger partial charge in [0.1, 0.15) is 10.6 Å². The Hall–Kier alpha value is -4.75. The van der Waals surface area contributed by atoms with Gasteiger partial charge in [-0.3, -0.25) is 9.69 Å². The molecule has 2 amide bonds. The van der Waals surface area contributed by atoms with E-state index in [0.717, 1.165) is 39.1 Å². The van der Waals surface area contributed by atoms with Crippen LogP contribution in [0.2, 0.25) is 0 Å². The summed E-state index contributed by atoms with van der Waals surface area (Å²) in [5.41, 5.74) is -4.73. The van der Waals surface area contributed by atoms with Crippen molar-refractivity contribution in [3.8, 4) is 17.4 Å². The molecule has 4 heterocycles. The molecule has 13 nitrogen and oxygen atoms in total. The summed E-state index contributed by atoms with van der Waals surface area (Å²) in [6.07, 6.45) is -3.37. The lowest BCUT2D eigenvalue weighted by atomic mass is 9.87. The number of piperidine rings is 1. The van der Waals surface area contributed by atoms with E-state index < -0.39 is 67.5 Å². The second-order valence-electron chi connectivity index (χ2n) is 12.6. The standard InChI is InChI=1S/C34H36F5N5O8S/c1-4-50-30-23(6-5-11-40-30)33(52-32(46)43-16-14-42(15-17-43)21-9-12-41(2)13-10-21)24-19-25(35)26(36)20-27(24)44(31(33)45)53(47,48)29-8-7-22(49-3)18-28(29)51-34(37,38)39/h5-8,11,18-21H,4,9-10,12-17H2,1-3H3. The van der Waals surface area contributed by atoms with Crippen molar-refractivity contribution in [1.82, 2.24) is 19.7 Å². The average molecular weight is 770 g/mol. The number of nitrogens with zero attached hydrogens (tertiary/aromatic N) is 5. The summed E-state index contributed by atoms with van der Waals surface area (Å²) in [5.74, 6) is -6.61. The zero-order valence-electron chi connectivity index (χ0n) is 28.9. The summed E-state index contributed by atoms with van der Waals surface area (Å²) in [6.45, 7) is 4.58. The molecule has 53 heavy (non-hydrogen) atoms. The molecule has 1 aromatic heterocycles. The largest absolute Gasteiger partial charge is 0.573 e. The summed E-state index contributed by atoms with van der Waals surface area (Å²) in [4.78, 5) is 37.8. The number of hydrogen-bond donors (Lipinski definition) is 0. The number of alkyl halides is 3. The number of aromatic nitrogens is 1. The van der Waals surface area contributed by atoms with Crippen LogP contribution in [0.3, 0.4) is 0 Å². The molecule has 3 aromatic rings. The maximum Gasteiger partial charge on any atom is 0.573 e. The molecule has 0 spiro atoms. The predicted molar refractivity (Wildman–Crippen MR) is 177 cm³/mol. The number of benzene rings is 2. The van der Waals surface area contributed by atoms with Crippen molar-refractivity contribution in [2.24, 2.45) is 0 Å². The van der Waals surface area contributed by atoms with Gasteiger partial charge in [-0.1, -0.05) is 0 Å². The number of likely N-dealkylation sites (tertiary alicyclic amines) is 1. The van der Waals surface area contributed by atoms with Crippen molar-refractivity contribution in [2.45, 2.75) is 42.7 Å². The Bertz CT molecular complexity index is 1990. The average Bonchev–Trinajstić information content (AvgIpc) is 3.35. The van der Waals surface area contributed by atoms with Gasteiger partial charge in [0.2, 0.25) is 5.88 Å². The Labute approximate surface area is 301 Å². The molecule has 0 aliphatic carbocycles. The van der Waals surface area contributed by atoms with Crippen LogP contribution in [0.1, 0.15) is 30.9 Å². The summed E-state index contributed by atoms with van der Waals surface area (Å²) in [6, 6.07) is 6.02. The number of anilines is 1. The molecule has 6 rings (SSSR count). The van der Waals surface area contributed by atoms with Crippen LogP contribution in [0.4, 0.5) is 32.4 Å². The summed E-state index contributed by atoms with van der Waals surface area (Å²) in [5, 5.41) is 0. The highest BCUT2D eigenvalue weighted by Crippen LogP contribution is 2.52. The van der Waals surface area contributed by atoms with Gasteiger partial charge < -0.3 is 28.7 Å². The fourth-order valence-electron chi connectivity index (χ4n) is 6.87. The topological polar surface area (TPSA) is 131 Å². The lowest BCUT2D eigenvalue weighted by Crippen LogP contribution is -2.55. The van der Waals surface area contributed by atoms with Crippen molar-refractivity contribution in [1.29, 1.82) is 0 Å². The normalized spacial score (nSPS) is 20.3. The van der Waals surface area contributed by atoms with E-state index >= 15 is 8.78 Å². The Morgan fingerprint density at radius 1 is 0.981 bits per heavy atom. The number of pyridine rings is 1. The Morgan fingerprint density at radius 2 is 1.66 bits per heavy atom. The molecule has 0 bridgehead atoms. The predicted octanol–water partition coefficient (Wildman–Crippen LogP) is 4.49. The number of amides is 2. The van der Waals surface area contributed by atoms with Crippen LogP contribution in [-0.4, -0.2) is 113 Å². The molecule has 2 aromatic carbocycles. The molecule has 0 radical (unpaired) electrons. The number of halogens is 5. The minimum atomic E-state index is -5.51. The van der Waals surface area contributed by atoms with Gasteiger partial charge in [-0.25, -0.2) is 27.0 Å². The number of hydrogen-bond acceptors (Lipinski definition) is 11. The molecule has 1 atom stereocenters. The van der Waals surface area contributed by atoms with E-state index in [-0.39, 0.29) is 41.2 Å². The number of ether oxygens (including phenoxy) is 4. The number of carbonyl (C=O) groups is 2. The first kappa shape index (κ1) is 38.0. The fraction of sp³-hybridized carbons (Fsp3) is 0.441. The first-order valence-electron chi connectivity index (χ1n) is 16.6. The molecule has 3 aliphatic heterocycles. The molecular weight excluding hydrogens is 733 g/mol. The van der Waals surface area contributed by atoms with Crippen molar-refractivity contribution >= 4 is 27.7 Å². The van der Waals surface area contributed by atoms with Crippen LogP contribution in [0.15, 0.2) is 53.6 Å². The third-order valence-electron chi connectivity index (χ3n) is 9.47. The minimum Gasteiger partial charge on any atom is -0.497 e. The fourth-order valence-corrected chi connectivity index (χ4v) is 8.42. The lowest BCUT2D eigenvalue weighted by molar-refractivity contribution is -0.275. The van der Waals surface area contributed by atoms with Crippen LogP contribution >= 0.6 is 0 Å². The van der Waals surface area contributed by atoms with Crippen molar-refractivity contribution < 1.29 is 58.9 Å². The summed E-state index contributed by atoms with van der Waals surface area (Å²) < 4.78 is 120. The molecule has 1 unspecified atom stereocenters. The van der Waals surface area contributed by atoms with E-state index in [1.165, 1.54) is 23.2 Å². The number of piperazine rings is 1. The van der Waals surface area contributed by atoms with Gasteiger partial charge in [-0.2, -0.15) is 4.31 Å². The molecule has 0 N–H and O–H groups in total. The third-order valence-corrected chi connectivity index (χ3v) is 11.2. The van der Waals surface area contributed by atoms with Gasteiger partial charge in [0.15, 0.2) is 17.4 Å². The van der Waals surface area contributed by atoms with Gasteiger partial charge in [0.05, 0.1) is 25.0 Å². The van der Waals surface area contributed by atoms with Crippen molar-refractivity contribution in [3.05, 3.63) is 71.4 Å². The number of rotatable bonds is 9. The SMILES string of the molecule is CCOc1ncccc1C1(OC(=O)N2CCN(C3CCN(C)CC3)CC2)C(=O)N(S(=O)(=O)c2ccc(OC)cc2OC(F)(F)F)c2cc(F)c(F)cc21. The van der Waals surface area contributed by atoms with Gasteiger partial charge in [0.25, 0.3) is 21.5 Å². The van der Waals surface area contributed by atoms with E-state index in [0.29, 0.717) is 43.4 Å². The second kappa shape index (κ2) is 14.6. The first-order chi connectivity index (χ1) is 25.1. The van der Waals surface area contributed by atoms with E-state index in [4.69, 9.17) is 14.2 Å². The van der Waals surface area contributed by atoms with Crippen molar-refractivity contribution in [2.75, 3.05) is 64.3 Å². The third kappa shape index (κ3) is 7.16. The molecule has 2 saturated heterocycles. The van der Waals surface area contributed by atoms with Crippen LogP contribution in [0, 0.1) is 11.6 Å². The van der Waals surface area contributed by atoms with E-state index in [1.807, 2.05) is 7.05 Å². The summed E-state index contributed by atoms with van der Waals surface area (Å²) in [7, 11) is -2.36. The smallest absolute Gasteiger partial charge is 0.497 e. The number of methoxy groups -OCH3 is 1. The summed E-state index contributed by atoms with van der Waals surface area (Å²) >= 11 is 0. The van der Waals surface area contributed by atoms with Crippen LogP contribution in [-0.2, 0) is 25.2 Å². The zero-order chi connectivity index (χ0) is 38.3. The lowest BCUT2D eigenvalue weighted by Gasteiger charge is -2.42.